The van der Waals surface area contributed by atoms with Crippen molar-refractivity contribution in [2.75, 3.05) is 11.4 Å². The third kappa shape index (κ3) is 4.68. The molecule has 9 nitrogen and oxygen atoms in total. The molecule has 0 aromatic heterocycles. The number of hydrogen-bond donors (Lipinski definition) is 2. The molecule has 32 heavy (non-hydrogen) atoms. The highest BCUT2D eigenvalue weighted by atomic mass is 32.2. The molecule has 0 aliphatic carbocycles. The lowest BCUT2D eigenvalue weighted by Crippen LogP contribution is -2.28. The van der Waals surface area contributed by atoms with E-state index in [1.54, 1.807) is 6.92 Å². The number of sulfonamides is 1. The van der Waals surface area contributed by atoms with Crippen LogP contribution in [0.5, 0.6) is 11.5 Å². The molecule has 0 amide bonds. The van der Waals surface area contributed by atoms with E-state index in [0.717, 1.165) is 22.5 Å². The van der Waals surface area contributed by atoms with Crippen molar-refractivity contribution >= 4 is 31.8 Å². The number of benzene rings is 3. The van der Waals surface area contributed by atoms with E-state index in [1.807, 2.05) is 0 Å². The molecule has 0 heterocycles. The maximum absolute atomic E-state index is 13.2. The van der Waals surface area contributed by atoms with Gasteiger partial charge in [0.2, 0.25) is 0 Å². The van der Waals surface area contributed by atoms with Crippen LogP contribution in [-0.4, -0.2) is 40.1 Å². The van der Waals surface area contributed by atoms with Crippen LogP contribution < -0.4 is 8.49 Å². The van der Waals surface area contributed by atoms with Crippen LogP contribution >= 0.6 is 0 Å². The van der Waals surface area contributed by atoms with Crippen LogP contribution in [0.15, 0.2) is 76.5 Å². The Labute approximate surface area is 185 Å². The van der Waals surface area contributed by atoms with E-state index in [0.29, 0.717) is 5.56 Å². The van der Waals surface area contributed by atoms with Crippen LogP contribution in [0.1, 0.15) is 15.9 Å². The quantitative estimate of drug-likeness (QED) is 0.495. The molecule has 3 aromatic rings. The number of rotatable bonds is 7. The fourth-order valence-electron chi connectivity index (χ4n) is 2.92. The average Bonchev–Trinajstić information content (AvgIpc) is 2.72. The number of anilines is 1. The van der Waals surface area contributed by atoms with Crippen molar-refractivity contribution in [2.24, 2.45) is 0 Å². The zero-order valence-electron chi connectivity index (χ0n) is 17.0. The van der Waals surface area contributed by atoms with Gasteiger partial charge >= 0.3 is 16.1 Å². The van der Waals surface area contributed by atoms with Gasteiger partial charge in [-0.2, -0.15) is 8.42 Å². The fraction of sp³-hybridized carbons (Fsp3) is 0.0952. The summed E-state index contributed by atoms with van der Waals surface area (Å²) < 4.78 is 58.2. The zero-order chi connectivity index (χ0) is 23.7. The average molecular weight is 478 g/mol. The molecule has 0 spiro atoms. The van der Waals surface area contributed by atoms with E-state index in [1.165, 1.54) is 55.6 Å². The van der Waals surface area contributed by atoms with E-state index in [9.17, 15) is 26.7 Å². The van der Waals surface area contributed by atoms with Crippen molar-refractivity contribution in [1.82, 2.24) is 0 Å². The SMILES string of the molecule is Cc1cc(O)cc(OS(=O)(=O)c2ccccc2S(=O)(=O)N(C)c2ccc(C(=O)O)cc2)c1. The Kier molecular flexibility index (Phi) is 6.15. The molecule has 0 saturated heterocycles. The van der Waals surface area contributed by atoms with Gasteiger partial charge < -0.3 is 14.4 Å². The molecule has 11 heteroatoms. The second kappa shape index (κ2) is 8.52. The molecule has 0 bridgehead atoms. The minimum atomic E-state index is -4.59. The summed E-state index contributed by atoms with van der Waals surface area (Å²) in [5, 5.41) is 18.7. The molecule has 0 unspecified atom stereocenters. The highest BCUT2D eigenvalue weighted by Crippen LogP contribution is 2.30. The summed E-state index contributed by atoms with van der Waals surface area (Å²) in [7, 11) is -7.74. The molecular formula is C21H19NO8S2. The van der Waals surface area contributed by atoms with Gasteiger partial charge in [0, 0.05) is 13.1 Å². The predicted octanol–water partition coefficient (Wildman–Crippen LogP) is 2.99. The van der Waals surface area contributed by atoms with Gasteiger partial charge in [0.05, 0.1) is 11.3 Å². The van der Waals surface area contributed by atoms with E-state index in [-0.39, 0.29) is 22.7 Å². The Bertz CT molecular complexity index is 1360. The topological polar surface area (TPSA) is 138 Å². The summed E-state index contributed by atoms with van der Waals surface area (Å²) in [6.07, 6.45) is 0. The molecule has 0 aliphatic rings. The fourth-order valence-corrected chi connectivity index (χ4v) is 5.81. The molecular weight excluding hydrogens is 458 g/mol. The number of carboxylic acid groups (broad SMARTS) is 1. The first-order valence-electron chi connectivity index (χ1n) is 9.08. The summed E-state index contributed by atoms with van der Waals surface area (Å²) in [5.74, 6) is -1.55. The summed E-state index contributed by atoms with van der Waals surface area (Å²) in [5.41, 5.74) is 0.643. The van der Waals surface area contributed by atoms with Crippen molar-refractivity contribution < 1.29 is 36.0 Å². The van der Waals surface area contributed by atoms with Gasteiger partial charge in [-0.05, 0) is 61.0 Å². The molecule has 2 N–H and O–H groups in total. The second-order valence-electron chi connectivity index (χ2n) is 6.81. The Morgan fingerprint density at radius 1 is 0.906 bits per heavy atom. The van der Waals surface area contributed by atoms with E-state index in [2.05, 4.69) is 0 Å². The Morgan fingerprint density at radius 2 is 1.50 bits per heavy atom. The van der Waals surface area contributed by atoms with Gasteiger partial charge in [-0.1, -0.05) is 12.1 Å². The predicted molar refractivity (Wildman–Crippen MR) is 116 cm³/mol. The van der Waals surface area contributed by atoms with Crippen molar-refractivity contribution in [2.45, 2.75) is 16.7 Å². The zero-order valence-corrected chi connectivity index (χ0v) is 18.6. The van der Waals surface area contributed by atoms with E-state index >= 15 is 0 Å². The molecule has 0 radical (unpaired) electrons. The number of aromatic hydroxyl groups is 1. The monoisotopic (exact) mass is 477 g/mol. The molecule has 0 fully saturated rings. The van der Waals surface area contributed by atoms with Gasteiger partial charge in [0.15, 0.2) is 0 Å². The highest BCUT2D eigenvalue weighted by Gasteiger charge is 2.31. The first kappa shape index (κ1) is 23.1. The van der Waals surface area contributed by atoms with Gasteiger partial charge in [0.1, 0.15) is 21.3 Å². The normalized spacial score (nSPS) is 11.7. The number of carboxylic acids is 1. The van der Waals surface area contributed by atoms with E-state index in [4.69, 9.17) is 9.29 Å². The standard InChI is InChI=1S/C21H19NO8S2/c1-14-11-17(23)13-18(12-14)30-32(28,29)20-6-4-3-5-19(20)31(26,27)22(2)16-9-7-15(8-10-16)21(24)25/h3-13,23H,1-2H3,(H,24,25). The van der Waals surface area contributed by atoms with Crippen LogP contribution in [0.4, 0.5) is 5.69 Å². The Balaban J connectivity index is 2.03. The van der Waals surface area contributed by atoms with Crippen LogP contribution in [0.25, 0.3) is 0 Å². The molecule has 0 atom stereocenters. The number of aryl methyl sites for hydroxylation is 1. The minimum absolute atomic E-state index is 0.0302. The first-order valence-corrected chi connectivity index (χ1v) is 11.9. The Hall–Kier alpha value is -3.57. The molecule has 3 aromatic carbocycles. The van der Waals surface area contributed by atoms with Gasteiger partial charge in [-0.3, -0.25) is 4.31 Å². The lowest BCUT2D eigenvalue weighted by atomic mass is 10.2. The van der Waals surface area contributed by atoms with Crippen LogP contribution in [0, 0.1) is 6.92 Å². The van der Waals surface area contributed by atoms with Crippen molar-refractivity contribution in [3.63, 3.8) is 0 Å². The number of hydrogen-bond acceptors (Lipinski definition) is 7. The molecule has 0 saturated carbocycles. The van der Waals surface area contributed by atoms with Crippen LogP contribution in [0.2, 0.25) is 0 Å². The molecule has 3 rings (SSSR count). The second-order valence-corrected chi connectivity index (χ2v) is 10.3. The lowest BCUT2D eigenvalue weighted by Gasteiger charge is -2.21. The first-order chi connectivity index (χ1) is 14.9. The van der Waals surface area contributed by atoms with E-state index < -0.39 is 35.9 Å². The molecule has 168 valence electrons. The van der Waals surface area contributed by atoms with Crippen LogP contribution in [0.3, 0.4) is 0 Å². The summed E-state index contributed by atoms with van der Waals surface area (Å²) in [4.78, 5) is 9.91. The third-order valence-corrected chi connectivity index (χ3v) is 7.76. The maximum atomic E-state index is 13.2. The minimum Gasteiger partial charge on any atom is -0.508 e. The smallest absolute Gasteiger partial charge is 0.340 e. The number of phenolic OH excluding ortho intramolecular Hbond substituents is 1. The van der Waals surface area contributed by atoms with Gasteiger partial charge in [-0.15, -0.1) is 0 Å². The summed E-state index contributed by atoms with van der Waals surface area (Å²) in [6, 6.07) is 13.9. The highest BCUT2D eigenvalue weighted by molar-refractivity contribution is 7.94. The summed E-state index contributed by atoms with van der Waals surface area (Å²) >= 11 is 0. The number of nitrogens with zero attached hydrogens (tertiary/aromatic N) is 1. The summed E-state index contributed by atoms with van der Waals surface area (Å²) in [6.45, 7) is 1.63. The van der Waals surface area contributed by atoms with Crippen molar-refractivity contribution in [3.05, 3.63) is 77.9 Å². The van der Waals surface area contributed by atoms with Crippen molar-refractivity contribution in [3.8, 4) is 11.5 Å². The van der Waals surface area contributed by atoms with Crippen LogP contribution in [-0.2, 0) is 20.1 Å². The number of carbonyl (C=O) groups is 1. The largest absolute Gasteiger partial charge is 0.508 e. The number of aromatic carboxylic acids is 1. The van der Waals surface area contributed by atoms with Gasteiger partial charge in [-0.25, -0.2) is 13.2 Å². The maximum Gasteiger partial charge on any atom is 0.340 e. The Morgan fingerprint density at radius 3 is 2.06 bits per heavy atom. The van der Waals surface area contributed by atoms with Gasteiger partial charge in [0.25, 0.3) is 10.0 Å². The van der Waals surface area contributed by atoms with Crippen molar-refractivity contribution in [1.29, 1.82) is 0 Å². The number of phenols is 1. The lowest BCUT2D eigenvalue weighted by molar-refractivity contribution is 0.0697. The molecule has 0 aliphatic heterocycles. The third-order valence-electron chi connectivity index (χ3n) is 4.48.